The third-order valence-electron chi connectivity index (χ3n) is 3.98. The quantitative estimate of drug-likeness (QED) is 0.579. The Kier molecular flexibility index (Phi) is 3.70. The summed E-state index contributed by atoms with van der Waals surface area (Å²) < 4.78 is 1.62. The molecule has 122 valence electrons. The highest BCUT2D eigenvalue weighted by atomic mass is 16.2. The summed E-state index contributed by atoms with van der Waals surface area (Å²) in [6, 6.07) is 16.7. The van der Waals surface area contributed by atoms with Crippen LogP contribution in [0.5, 0.6) is 0 Å². The summed E-state index contributed by atoms with van der Waals surface area (Å²) in [5, 5.41) is 5.07. The molecule has 0 spiro atoms. The second-order valence-corrected chi connectivity index (χ2v) is 5.54. The van der Waals surface area contributed by atoms with Crippen molar-refractivity contribution in [3.8, 4) is 5.82 Å². The van der Waals surface area contributed by atoms with Crippen LogP contribution in [-0.4, -0.2) is 32.7 Å². The first-order valence-electron chi connectivity index (χ1n) is 7.83. The van der Waals surface area contributed by atoms with Crippen LogP contribution < -0.4 is 4.90 Å². The molecular formula is C19H15N5O. The minimum absolute atomic E-state index is 0.189. The minimum atomic E-state index is -0.189. The third-order valence-corrected chi connectivity index (χ3v) is 3.98. The van der Waals surface area contributed by atoms with Crippen molar-refractivity contribution in [2.75, 3.05) is 11.9 Å². The monoisotopic (exact) mass is 329 g/mol. The van der Waals surface area contributed by atoms with Gasteiger partial charge in [0.15, 0.2) is 5.82 Å². The van der Waals surface area contributed by atoms with Crippen LogP contribution in [0.1, 0.15) is 10.5 Å². The Morgan fingerprint density at radius 1 is 1.00 bits per heavy atom. The Bertz CT molecular complexity index is 1040. The zero-order chi connectivity index (χ0) is 17.2. The van der Waals surface area contributed by atoms with Crippen molar-refractivity contribution in [1.29, 1.82) is 0 Å². The SMILES string of the molecule is CN(C(=O)c1cccc(-n2cccn2)n1)c1cccc2ncccc12. The molecular weight excluding hydrogens is 314 g/mol. The average molecular weight is 329 g/mol. The van der Waals surface area contributed by atoms with E-state index in [1.54, 1.807) is 47.4 Å². The van der Waals surface area contributed by atoms with Crippen molar-refractivity contribution in [3.05, 3.63) is 78.9 Å². The van der Waals surface area contributed by atoms with Crippen LogP contribution in [-0.2, 0) is 0 Å². The van der Waals surface area contributed by atoms with E-state index >= 15 is 0 Å². The second-order valence-electron chi connectivity index (χ2n) is 5.54. The highest BCUT2D eigenvalue weighted by molar-refractivity contribution is 6.09. The fourth-order valence-corrected chi connectivity index (χ4v) is 2.74. The largest absolute Gasteiger partial charge is 0.309 e. The van der Waals surface area contributed by atoms with Crippen LogP contribution in [0.3, 0.4) is 0 Å². The molecule has 4 aromatic rings. The molecule has 0 radical (unpaired) electrons. The van der Waals surface area contributed by atoms with E-state index in [9.17, 15) is 4.79 Å². The highest BCUT2D eigenvalue weighted by Crippen LogP contribution is 2.25. The molecule has 0 aliphatic heterocycles. The third kappa shape index (κ3) is 2.74. The molecule has 0 aliphatic rings. The first-order chi connectivity index (χ1) is 12.2. The number of nitrogens with zero attached hydrogens (tertiary/aromatic N) is 5. The number of carbonyl (C=O) groups is 1. The van der Waals surface area contributed by atoms with Crippen molar-refractivity contribution in [2.45, 2.75) is 0 Å². The van der Waals surface area contributed by atoms with Crippen LogP contribution in [0.4, 0.5) is 5.69 Å². The van der Waals surface area contributed by atoms with Crippen molar-refractivity contribution >= 4 is 22.5 Å². The Balaban J connectivity index is 1.72. The van der Waals surface area contributed by atoms with E-state index in [1.807, 2.05) is 42.5 Å². The molecule has 25 heavy (non-hydrogen) atoms. The minimum Gasteiger partial charge on any atom is -0.309 e. The molecule has 0 bridgehead atoms. The molecule has 0 saturated heterocycles. The van der Waals surface area contributed by atoms with Gasteiger partial charge in [-0.3, -0.25) is 9.78 Å². The van der Waals surface area contributed by atoms with Crippen molar-refractivity contribution in [1.82, 2.24) is 19.7 Å². The molecule has 3 heterocycles. The first-order valence-corrected chi connectivity index (χ1v) is 7.83. The predicted molar refractivity (Wildman–Crippen MR) is 95.8 cm³/mol. The Morgan fingerprint density at radius 2 is 1.88 bits per heavy atom. The van der Waals surface area contributed by atoms with E-state index in [4.69, 9.17) is 0 Å². The number of anilines is 1. The summed E-state index contributed by atoms with van der Waals surface area (Å²) in [6.45, 7) is 0. The zero-order valence-corrected chi connectivity index (χ0v) is 13.6. The number of hydrogen-bond donors (Lipinski definition) is 0. The lowest BCUT2D eigenvalue weighted by Gasteiger charge is -2.19. The van der Waals surface area contributed by atoms with E-state index in [-0.39, 0.29) is 5.91 Å². The van der Waals surface area contributed by atoms with E-state index in [0.717, 1.165) is 16.6 Å². The van der Waals surface area contributed by atoms with Crippen molar-refractivity contribution < 1.29 is 4.79 Å². The summed E-state index contributed by atoms with van der Waals surface area (Å²) in [5.41, 5.74) is 2.00. The fourth-order valence-electron chi connectivity index (χ4n) is 2.74. The Hall–Kier alpha value is -3.54. The van der Waals surface area contributed by atoms with Crippen LogP contribution in [0.25, 0.3) is 16.7 Å². The molecule has 0 unspecified atom stereocenters. The number of fused-ring (bicyclic) bond motifs is 1. The molecule has 0 saturated carbocycles. The molecule has 0 N–H and O–H groups in total. The van der Waals surface area contributed by atoms with Gasteiger partial charge in [-0.2, -0.15) is 5.10 Å². The van der Waals surface area contributed by atoms with Gasteiger partial charge in [-0.05, 0) is 42.5 Å². The number of benzene rings is 1. The maximum atomic E-state index is 12.9. The van der Waals surface area contributed by atoms with Gasteiger partial charge in [0.25, 0.3) is 5.91 Å². The van der Waals surface area contributed by atoms with E-state index in [0.29, 0.717) is 11.5 Å². The van der Waals surface area contributed by atoms with E-state index < -0.39 is 0 Å². The lowest BCUT2D eigenvalue weighted by molar-refractivity contribution is 0.0988. The van der Waals surface area contributed by atoms with Crippen molar-refractivity contribution in [3.63, 3.8) is 0 Å². The molecule has 4 rings (SSSR count). The number of aromatic nitrogens is 4. The first kappa shape index (κ1) is 15.0. The van der Waals surface area contributed by atoms with Crippen LogP contribution in [0.2, 0.25) is 0 Å². The molecule has 0 atom stereocenters. The normalized spacial score (nSPS) is 10.8. The van der Waals surface area contributed by atoms with E-state index in [1.165, 1.54) is 0 Å². The van der Waals surface area contributed by atoms with Crippen molar-refractivity contribution in [2.24, 2.45) is 0 Å². The van der Waals surface area contributed by atoms with Gasteiger partial charge >= 0.3 is 0 Å². The number of hydrogen-bond acceptors (Lipinski definition) is 4. The Labute approximate surface area is 144 Å². The van der Waals surface area contributed by atoms with Gasteiger partial charge in [0, 0.05) is 31.0 Å². The fraction of sp³-hybridized carbons (Fsp3) is 0.0526. The summed E-state index contributed by atoms with van der Waals surface area (Å²) in [4.78, 5) is 23.3. The molecule has 1 amide bonds. The highest BCUT2D eigenvalue weighted by Gasteiger charge is 2.17. The topological polar surface area (TPSA) is 63.9 Å². The van der Waals surface area contributed by atoms with Gasteiger partial charge < -0.3 is 4.90 Å². The number of amides is 1. The number of carbonyl (C=O) groups excluding carboxylic acids is 1. The van der Waals surface area contributed by atoms with Gasteiger partial charge in [0.2, 0.25) is 0 Å². The maximum absolute atomic E-state index is 12.9. The molecule has 0 aliphatic carbocycles. The Morgan fingerprint density at radius 3 is 2.72 bits per heavy atom. The number of rotatable bonds is 3. The van der Waals surface area contributed by atoms with E-state index in [2.05, 4.69) is 15.1 Å². The lowest BCUT2D eigenvalue weighted by atomic mass is 10.1. The average Bonchev–Trinajstić information content (AvgIpc) is 3.21. The van der Waals surface area contributed by atoms with Gasteiger partial charge in [-0.15, -0.1) is 0 Å². The van der Waals surface area contributed by atoms with Gasteiger partial charge in [0.05, 0.1) is 11.2 Å². The van der Waals surface area contributed by atoms with Crippen LogP contribution in [0.15, 0.2) is 73.2 Å². The van der Waals surface area contributed by atoms with Gasteiger partial charge in [-0.25, -0.2) is 9.67 Å². The second kappa shape index (κ2) is 6.16. The summed E-state index contributed by atoms with van der Waals surface area (Å²) in [6.07, 6.45) is 5.20. The predicted octanol–water partition coefficient (Wildman–Crippen LogP) is 3.09. The molecule has 6 heteroatoms. The maximum Gasteiger partial charge on any atom is 0.276 e. The van der Waals surface area contributed by atoms with Crippen LogP contribution in [0, 0.1) is 0 Å². The van der Waals surface area contributed by atoms with Crippen LogP contribution >= 0.6 is 0 Å². The van der Waals surface area contributed by atoms with Gasteiger partial charge in [-0.1, -0.05) is 12.1 Å². The van der Waals surface area contributed by atoms with Gasteiger partial charge in [0.1, 0.15) is 5.69 Å². The summed E-state index contributed by atoms with van der Waals surface area (Å²) in [7, 11) is 1.74. The summed E-state index contributed by atoms with van der Waals surface area (Å²) in [5.74, 6) is 0.411. The molecule has 0 fully saturated rings. The molecule has 1 aromatic carbocycles. The molecule has 6 nitrogen and oxygen atoms in total. The number of pyridine rings is 2. The standard InChI is InChI=1S/C19H15N5O/c1-23(17-9-2-7-15-14(17)6-4-11-20-15)19(25)16-8-3-10-18(22-16)24-13-5-12-21-24/h2-13H,1H3. The molecule has 3 aromatic heterocycles. The smallest absolute Gasteiger partial charge is 0.276 e. The summed E-state index contributed by atoms with van der Waals surface area (Å²) >= 11 is 0. The lowest BCUT2D eigenvalue weighted by Crippen LogP contribution is -2.27. The zero-order valence-electron chi connectivity index (χ0n) is 13.6.